The number of nitrogens with two attached hydrogens (primary N) is 1. The van der Waals surface area contributed by atoms with Crippen molar-refractivity contribution < 1.29 is 4.39 Å². The molecule has 1 fully saturated rings. The molecule has 0 saturated heterocycles. The van der Waals surface area contributed by atoms with E-state index in [0.717, 1.165) is 22.9 Å². The summed E-state index contributed by atoms with van der Waals surface area (Å²) in [6.45, 7) is 1.99. The van der Waals surface area contributed by atoms with Gasteiger partial charge in [-0.05, 0) is 43.5 Å². The molecule has 2 N–H and O–H groups in total. The molecule has 2 rings (SSSR count). The minimum absolute atomic E-state index is 0.0324. The number of hydrogen-bond acceptors (Lipinski definition) is 1. The topological polar surface area (TPSA) is 26.0 Å². The Labute approximate surface area is 91.6 Å². The van der Waals surface area contributed by atoms with Crippen LogP contribution in [0.5, 0.6) is 0 Å². The molecule has 14 heavy (non-hydrogen) atoms. The summed E-state index contributed by atoms with van der Waals surface area (Å²) in [7, 11) is 0. The summed E-state index contributed by atoms with van der Waals surface area (Å²) < 4.78 is 14.0. The molecule has 1 aromatic rings. The average molecular weight is 258 g/mol. The Hall–Kier alpha value is -0.410. The molecule has 0 bridgehead atoms. The van der Waals surface area contributed by atoms with Crippen molar-refractivity contribution in [1.29, 1.82) is 0 Å². The molecule has 1 atom stereocenters. The fourth-order valence-electron chi connectivity index (χ4n) is 1.98. The first-order valence-corrected chi connectivity index (χ1v) is 5.56. The van der Waals surface area contributed by atoms with Crippen LogP contribution in [0.4, 0.5) is 4.39 Å². The Bertz CT molecular complexity index is 338. The maximum Gasteiger partial charge on any atom is 0.124 e. The third kappa shape index (κ3) is 1.59. The highest BCUT2D eigenvalue weighted by atomic mass is 79.9. The Kier molecular flexibility index (Phi) is 2.40. The van der Waals surface area contributed by atoms with Gasteiger partial charge in [0.25, 0.3) is 0 Å². The lowest BCUT2D eigenvalue weighted by molar-refractivity contribution is 0.548. The van der Waals surface area contributed by atoms with E-state index in [1.165, 1.54) is 6.07 Å². The number of rotatable bonds is 2. The van der Waals surface area contributed by atoms with Crippen LogP contribution in [-0.2, 0) is 5.41 Å². The van der Waals surface area contributed by atoms with Crippen molar-refractivity contribution in [3.8, 4) is 0 Å². The molecule has 76 valence electrons. The van der Waals surface area contributed by atoms with Gasteiger partial charge in [-0.3, -0.25) is 0 Å². The van der Waals surface area contributed by atoms with Gasteiger partial charge < -0.3 is 5.73 Å². The molecule has 0 radical (unpaired) electrons. The monoisotopic (exact) mass is 257 g/mol. The van der Waals surface area contributed by atoms with Crippen LogP contribution in [0.3, 0.4) is 0 Å². The Balaban J connectivity index is 2.42. The first kappa shape index (κ1) is 10.1. The zero-order valence-electron chi connectivity index (χ0n) is 8.06. The van der Waals surface area contributed by atoms with Crippen LogP contribution in [0.25, 0.3) is 0 Å². The maximum absolute atomic E-state index is 13.2. The summed E-state index contributed by atoms with van der Waals surface area (Å²) in [5.74, 6) is -0.193. The van der Waals surface area contributed by atoms with Gasteiger partial charge in [0.15, 0.2) is 0 Å². The van der Waals surface area contributed by atoms with Gasteiger partial charge in [0, 0.05) is 15.9 Å². The summed E-state index contributed by atoms with van der Waals surface area (Å²) >= 11 is 3.30. The van der Waals surface area contributed by atoms with Crippen molar-refractivity contribution in [2.75, 3.05) is 0 Å². The van der Waals surface area contributed by atoms with E-state index >= 15 is 0 Å². The van der Waals surface area contributed by atoms with Gasteiger partial charge >= 0.3 is 0 Å². The summed E-state index contributed by atoms with van der Waals surface area (Å²) in [6, 6.07) is 5.14. The summed E-state index contributed by atoms with van der Waals surface area (Å²) in [4.78, 5) is 0. The largest absolute Gasteiger partial charge is 0.327 e. The molecule has 1 unspecified atom stereocenters. The highest BCUT2D eigenvalue weighted by Crippen LogP contribution is 2.50. The first-order valence-electron chi connectivity index (χ1n) is 4.77. The first-order chi connectivity index (χ1) is 6.54. The minimum atomic E-state index is -0.193. The quantitative estimate of drug-likeness (QED) is 0.867. The van der Waals surface area contributed by atoms with E-state index in [0.29, 0.717) is 0 Å². The maximum atomic E-state index is 13.2. The van der Waals surface area contributed by atoms with E-state index in [-0.39, 0.29) is 17.3 Å². The standard InChI is InChI=1S/C11H13BrFN/c1-7(14)11(2-3-11)8-4-9(12)6-10(13)5-8/h4-7H,2-3,14H2,1H3. The van der Waals surface area contributed by atoms with Crippen molar-refractivity contribution in [1.82, 2.24) is 0 Å². The van der Waals surface area contributed by atoms with Gasteiger partial charge in [0.05, 0.1) is 0 Å². The molecular formula is C11H13BrFN. The van der Waals surface area contributed by atoms with Crippen LogP contribution >= 0.6 is 15.9 Å². The van der Waals surface area contributed by atoms with Gasteiger partial charge in [0.1, 0.15) is 5.82 Å². The van der Waals surface area contributed by atoms with Crippen LogP contribution in [0.2, 0.25) is 0 Å². The highest BCUT2D eigenvalue weighted by Gasteiger charge is 2.47. The molecule has 1 aromatic carbocycles. The molecule has 1 saturated carbocycles. The Morgan fingerprint density at radius 2 is 2.07 bits per heavy atom. The predicted molar refractivity (Wildman–Crippen MR) is 58.7 cm³/mol. The second kappa shape index (κ2) is 3.31. The minimum Gasteiger partial charge on any atom is -0.327 e. The van der Waals surface area contributed by atoms with Crippen LogP contribution in [0, 0.1) is 5.82 Å². The van der Waals surface area contributed by atoms with Crippen molar-refractivity contribution in [2.24, 2.45) is 5.73 Å². The lowest BCUT2D eigenvalue weighted by Gasteiger charge is -2.20. The van der Waals surface area contributed by atoms with Crippen LogP contribution in [0.15, 0.2) is 22.7 Å². The molecule has 0 aromatic heterocycles. The fourth-order valence-corrected chi connectivity index (χ4v) is 2.45. The van der Waals surface area contributed by atoms with Gasteiger partial charge in [-0.1, -0.05) is 15.9 Å². The third-order valence-corrected chi connectivity index (χ3v) is 3.56. The SMILES string of the molecule is CC(N)C1(c2cc(F)cc(Br)c2)CC1. The fraction of sp³-hybridized carbons (Fsp3) is 0.455. The summed E-state index contributed by atoms with van der Waals surface area (Å²) in [6.07, 6.45) is 2.14. The van der Waals surface area contributed by atoms with E-state index in [1.807, 2.05) is 13.0 Å². The van der Waals surface area contributed by atoms with Crippen molar-refractivity contribution in [3.05, 3.63) is 34.1 Å². The van der Waals surface area contributed by atoms with Gasteiger partial charge in [-0.2, -0.15) is 0 Å². The zero-order valence-corrected chi connectivity index (χ0v) is 9.64. The normalized spacial score (nSPS) is 20.6. The molecule has 3 heteroatoms. The number of halogens is 2. The van der Waals surface area contributed by atoms with Crippen molar-refractivity contribution >= 4 is 15.9 Å². The number of benzene rings is 1. The van der Waals surface area contributed by atoms with Crippen molar-refractivity contribution in [2.45, 2.75) is 31.2 Å². The molecular weight excluding hydrogens is 245 g/mol. The van der Waals surface area contributed by atoms with E-state index in [2.05, 4.69) is 15.9 Å². The van der Waals surface area contributed by atoms with E-state index < -0.39 is 0 Å². The van der Waals surface area contributed by atoms with E-state index in [4.69, 9.17) is 5.73 Å². The molecule has 0 heterocycles. The molecule has 0 spiro atoms. The van der Waals surface area contributed by atoms with Crippen LogP contribution in [-0.4, -0.2) is 6.04 Å². The predicted octanol–water partition coefficient (Wildman–Crippen LogP) is 2.97. The zero-order chi connectivity index (χ0) is 10.3. The Morgan fingerprint density at radius 1 is 1.43 bits per heavy atom. The second-order valence-corrected chi connectivity index (χ2v) is 5.02. The Morgan fingerprint density at radius 3 is 2.50 bits per heavy atom. The lowest BCUT2D eigenvalue weighted by Crippen LogP contribution is -2.31. The van der Waals surface area contributed by atoms with Crippen molar-refractivity contribution in [3.63, 3.8) is 0 Å². The van der Waals surface area contributed by atoms with Crippen LogP contribution < -0.4 is 5.73 Å². The van der Waals surface area contributed by atoms with Gasteiger partial charge in [-0.25, -0.2) is 4.39 Å². The van der Waals surface area contributed by atoms with Gasteiger partial charge in [0.2, 0.25) is 0 Å². The lowest BCUT2D eigenvalue weighted by atomic mass is 9.89. The molecule has 1 aliphatic rings. The van der Waals surface area contributed by atoms with E-state index in [9.17, 15) is 4.39 Å². The van der Waals surface area contributed by atoms with Crippen LogP contribution in [0.1, 0.15) is 25.3 Å². The molecule has 0 amide bonds. The van der Waals surface area contributed by atoms with Gasteiger partial charge in [-0.15, -0.1) is 0 Å². The summed E-state index contributed by atoms with van der Waals surface area (Å²) in [5, 5.41) is 0. The average Bonchev–Trinajstić information content (AvgIpc) is 2.81. The smallest absolute Gasteiger partial charge is 0.124 e. The second-order valence-electron chi connectivity index (χ2n) is 4.10. The highest BCUT2D eigenvalue weighted by molar-refractivity contribution is 9.10. The summed E-state index contributed by atoms with van der Waals surface area (Å²) in [5.41, 5.74) is 6.99. The number of hydrogen-bond donors (Lipinski definition) is 1. The molecule has 0 aliphatic heterocycles. The molecule has 1 nitrogen and oxygen atoms in total. The van der Waals surface area contributed by atoms with E-state index in [1.54, 1.807) is 6.07 Å². The third-order valence-electron chi connectivity index (χ3n) is 3.10. The molecule has 1 aliphatic carbocycles.